The number of hydrogen-bond donors (Lipinski definition) is 2. The Hall–Kier alpha value is -1.66. The second kappa shape index (κ2) is 4.91. The number of carbonyl (C=O) groups is 1. The molecular weight excluding hydrogens is 238 g/mol. The van der Waals surface area contributed by atoms with Crippen molar-refractivity contribution < 1.29 is 19.9 Å². The van der Waals surface area contributed by atoms with Gasteiger partial charge >= 0.3 is 5.97 Å². The summed E-state index contributed by atoms with van der Waals surface area (Å²) in [6.45, 7) is 0. The number of hydrogen-bond acceptors (Lipinski definition) is 4. The average Bonchev–Trinajstić information content (AvgIpc) is 2.15. The van der Waals surface area contributed by atoms with Crippen LogP contribution >= 0.6 is 11.6 Å². The zero-order valence-corrected chi connectivity index (χ0v) is 8.72. The van der Waals surface area contributed by atoms with Gasteiger partial charge in [0, 0.05) is 6.07 Å². The number of aliphatic carboxylic acids is 1. The van der Waals surface area contributed by atoms with E-state index < -0.39 is 23.4 Å². The van der Waals surface area contributed by atoms with Crippen molar-refractivity contribution >= 4 is 23.3 Å². The molecule has 0 aliphatic carbocycles. The van der Waals surface area contributed by atoms with Crippen molar-refractivity contribution in [2.45, 2.75) is 12.5 Å². The van der Waals surface area contributed by atoms with E-state index in [2.05, 4.69) is 0 Å². The third kappa shape index (κ3) is 2.91. The smallest absolute Gasteiger partial charge is 0.306 e. The van der Waals surface area contributed by atoms with Gasteiger partial charge in [0.15, 0.2) is 0 Å². The molecule has 0 aromatic heterocycles. The topological polar surface area (TPSA) is 101 Å². The molecule has 6 nitrogen and oxygen atoms in total. The number of carboxylic acid groups (broad SMARTS) is 1. The van der Waals surface area contributed by atoms with E-state index in [1.165, 1.54) is 12.1 Å². The van der Waals surface area contributed by atoms with Gasteiger partial charge in [-0.05, 0) is 17.7 Å². The summed E-state index contributed by atoms with van der Waals surface area (Å²) in [6, 6.07) is 3.59. The molecule has 0 saturated carbocycles. The molecule has 0 bridgehead atoms. The molecule has 1 atom stereocenters. The van der Waals surface area contributed by atoms with Gasteiger partial charge in [0.2, 0.25) is 0 Å². The number of nitro groups is 1. The second-order valence-corrected chi connectivity index (χ2v) is 3.49. The van der Waals surface area contributed by atoms with Crippen molar-refractivity contribution in [1.29, 1.82) is 0 Å². The first-order chi connectivity index (χ1) is 7.41. The third-order valence-electron chi connectivity index (χ3n) is 1.92. The molecule has 1 rings (SSSR count). The molecule has 0 unspecified atom stereocenters. The fraction of sp³-hybridized carbons (Fsp3) is 0.222. The van der Waals surface area contributed by atoms with Crippen LogP contribution in [0.25, 0.3) is 0 Å². The van der Waals surface area contributed by atoms with Crippen LogP contribution in [0.3, 0.4) is 0 Å². The van der Waals surface area contributed by atoms with Crippen LogP contribution < -0.4 is 0 Å². The van der Waals surface area contributed by atoms with Crippen molar-refractivity contribution in [3.05, 3.63) is 38.9 Å². The van der Waals surface area contributed by atoms with Gasteiger partial charge in [-0.25, -0.2) is 0 Å². The Balaban J connectivity index is 2.96. The minimum Gasteiger partial charge on any atom is -0.481 e. The summed E-state index contributed by atoms with van der Waals surface area (Å²) >= 11 is 5.60. The Morgan fingerprint density at radius 3 is 2.62 bits per heavy atom. The van der Waals surface area contributed by atoms with Gasteiger partial charge < -0.3 is 10.2 Å². The normalized spacial score (nSPS) is 12.1. The van der Waals surface area contributed by atoms with Crippen LogP contribution in [-0.2, 0) is 4.79 Å². The number of nitro benzene ring substituents is 1. The average molecular weight is 246 g/mol. The molecule has 1 aromatic carbocycles. The number of aliphatic hydroxyl groups excluding tert-OH is 1. The Labute approximate surface area is 95.2 Å². The van der Waals surface area contributed by atoms with E-state index in [0.717, 1.165) is 6.07 Å². The molecule has 0 aliphatic heterocycles. The number of aliphatic hydroxyl groups is 1. The first-order valence-electron chi connectivity index (χ1n) is 4.25. The van der Waals surface area contributed by atoms with E-state index >= 15 is 0 Å². The molecule has 0 heterocycles. The van der Waals surface area contributed by atoms with E-state index in [9.17, 15) is 20.0 Å². The van der Waals surface area contributed by atoms with Crippen LogP contribution in [0, 0.1) is 10.1 Å². The quantitative estimate of drug-likeness (QED) is 0.622. The van der Waals surface area contributed by atoms with Crippen LogP contribution in [0.4, 0.5) is 5.69 Å². The van der Waals surface area contributed by atoms with E-state index in [1.54, 1.807) is 0 Å². The van der Waals surface area contributed by atoms with Gasteiger partial charge in [0.25, 0.3) is 5.69 Å². The molecular formula is C9H8ClNO5. The van der Waals surface area contributed by atoms with E-state index in [-0.39, 0.29) is 16.3 Å². The second-order valence-electron chi connectivity index (χ2n) is 3.08. The maximum absolute atomic E-state index is 10.4. The van der Waals surface area contributed by atoms with Crippen LogP contribution in [0.5, 0.6) is 0 Å². The first kappa shape index (κ1) is 12.4. The van der Waals surface area contributed by atoms with E-state index in [4.69, 9.17) is 16.7 Å². The van der Waals surface area contributed by atoms with Crippen LogP contribution in [0.1, 0.15) is 18.1 Å². The lowest BCUT2D eigenvalue weighted by molar-refractivity contribution is -0.384. The highest BCUT2D eigenvalue weighted by Crippen LogP contribution is 2.28. The molecule has 86 valence electrons. The van der Waals surface area contributed by atoms with Crippen molar-refractivity contribution in [2.24, 2.45) is 0 Å². The minimum atomic E-state index is -1.23. The van der Waals surface area contributed by atoms with Gasteiger partial charge in [0.1, 0.15) is 5.02 Å². The number of nitrogens with zero attached hydrogens (tertiary/aromatic N) is 1. The number of carboxylic acids is 1. The Bertz CT molecular complexity index is 434. The highest BCUT2D eigenvalue weighted by molar-refractivity contribution is 6.32. The summed E-state index contributed by atoms with van der Waals surface area (Å²) in [4.78, 5) is 20.1. The number of rotatable bonds is 4. The Kier molecular flexibility index (Phi) is 3.81. The molecule has 0 aliphatic rings. The first-order valence-corrected chi connectivity index (χ1v) is 4.63. The Morgan fingerprint density at radius 1 is 1.56 bits per heavy atom. The van der Waals surface area contributed by atoms with Gasteiger partial charge in [-0.2, -0.15) is 0 Å². The van der Waals surface area contributed by atoms with Gasteiger partial charge in [-0.3, -0.25) is 14.9 Å². The van der Waals surface area contributed by atoms with Crippen LogP contribution in [0.2, 0.25) is 5.02 Å². The highest BCUT2D eigenvalue weighted by Gasteiger charge is 2.17. The van der Waals surface area contributed by atoms with E-state index in [0.29, 0.717) is 0 Å². The zero-order chi connectivity index (χ0) is 12.3. The van der Waals surface area contributed by atoms with Gasteiger partial charge in [0.05, 0.1) is 17.4 Å². The fourth-order valence-corrected chi connectivity index (χ4v) is 1.42. The number of benzene rings is 1. The lowest BCUT2D eigenvalue weighted by Gasteiger charge is -2.08. The Morgan fingerprint density at radius 2 is 2.19 bits per heavy atom. The maximum atomic E-state index is 10.4. The summed E-state index contributed by atoms with van der Waals surface area (Å²) in [5.74, 6) is -1.16. The molecule has 0 saturated heterocycles. The highest BCUT2D eigenvalue weighted by atomic mass is 35.5. The number of halogens is 1. The maximum Gasteiger partial charge on any atom is 0.306 e. The zero-order valence-electron chi connectivity index (χ0n) is 7.96. The monoisotopic (exact) mass is 245 g/mol. The van der Waals surface area contributed by atoms with Crippen molar-refractivity contribution in [3.63, 3.8) is 0 Å². The lowest BCUT2D eigenvalue weighted by Crippen LogP contribution is -2.05. The van der Waals surface area contributed by atoms with Gasteiger partial charge in [-0.15, -0.1) is 0 Å². The molecule has 0 fully saturated rings. The van der Waals surface area contributed by atoms with Crippen LogP contribution in [-0.4, -0.2) is 21.1 Å². The predicted octanol–water partition coefficient (Wildman–Crippen LogP) is 1.76. The summed E-state index contributed by atoms with van der Waals surface area (Å²) < 4.78 is 0. The minimum absolute atomic E-state index is 0.132. The van der Waals surface area contributed by atoms with Crippen molar-refractivity contribution in [1.82, 2.24) is 0 Å². The van der Waals surface area contributed by atoms with E-state index in [1.807, 2.05) is 0 Å². The molecule has 0 spiro atoms. The summed E-state index contributed by atoms with van der Waals surface area (Å²) in [5, 5.41) is 28.2. The molecule has 7 heteroatoms. The largest absolute Gasteiger partial charge is 0.481 e. The standard InChI is InChI=1S/C9H8ClNO5/c10-6-3-5(8(12)4-9(13)14)1-2-7(6)11(15)16/h1-3,8,12H,4H2,(H,13,14)/t8-/m0/s1. The predicted molar refractivity (Wildman–Crippen MR) is 55.3 cm³/mol. The van der Waals surface area contributed by atoms with Gasteiger partial charge in [-0.1, -0.05) is 11.6 Å². The lowest BCUT2D eigenvalue weighted by atomic mass is 10.1. The molecule has 1 aromatic rings. The third-order valence-corrected chi connectivity index (χ3v) is 2.22. The van der Waals surface area contributed by atoms with Crippen LogP contribution in [0.15, 0.2) is 18.2 Å². The summed E-state index contributed by atoms with van der Waals surface area (Å²) in [6.07, 6.45) is -1.70. The fourth-order valence-electron chi connectivity index (χ4n) is 1.16. The summed E-state index contributed by atoms with van der Waals surface area (Å²) in [7, 11) is 0. The SMILES string of the molecule is O=C(O)C[C@H](O)c1ccc([N+](=O)[O-])c(Cl)c1. The molecule has 16 heavy (non-hydrogen) atoms. The molecule has 2 N–H and O–H groups in total. The molecule has 0 amide bonds. The van der Waals surface area contributed by atoms with Crippen molar-refractivity contribution in [2.75, 3.05) is 0 Å². The molecule has 0 radical (unpaired) electrons. The summed E-state index contributed by atoms with van der Waals surface area (Å²) in [5.41, 5.74) is -0.0501. The van der Waals surface area contributed by atoms with Crippen molar-refractivity contribution in [3.8, 4) is 0 Å².